The molecule has 74 valence electrons. The molecule has 0 radical (unpaired) electrons. The average molecular weight is 194 g/mol. The van der Waals surface area contributed by atoms with E-state index in [1.165, 1.54) is 20.2 Å². The SMILES string of the molecule is Cc1cnn(C)c1[C@H](O)C(F)(F)F. The van der Waals surface area contributed by atoms with Crippen molar-refractivity contribution in [3.63, 3.8) is 0 Å². The lowest BCUT2D eigenvalue weighted by molar-refractivity contribution is -0.208. The van der Waals surface area contributed by atoms with Gasteiger partial charge in [0.15, 0.2) is 6.10 Å². The van der Waals surface area contributed by atoms with Gasteiger partial charge in [0.05, 0.1) is 11.9 Å². The molecule has 1 heterocycles. The van der Waals surface area contributed by atoms with Gasteiger partial charge in [-0.3, -0.25) is 4.68 Å². The van der Waals surface area contributed by atoms with Gasteiger partial charge in [-0.25, -0.2) is 0 Å². The van der Waals surface area contributed by atoms with Gasteiger partial charge < -0.3 is 5.11 Å². The molecular formula is C7H9F3N2O. The molecule has 0 aliphatic carbocycles. The summed E-state index contributed by atoms with van der Waals surface area (Å²) in [6, 6.07) is 0. The highest BCUT2D eigenvalue weighted by atomic mass is 19.4. The largest absolute Gasteiger partial charge is 0.420 e. The van der Waals surface area contributed by atoms with Crippen molar-refractivity contribution in [3.05, 3.63) is 17.5 Å². The van der Waals surface area contributed by atoms with Crippen molar-refractivity contribution < 1.29 is 18.3 Å². The van der Waals surface area contributed by atoms with Crippen LogP contribution in [-0.2, 0) is 7.05 Å². The zero-order valence-electron chi connectivity index (χ0n) is 7.13. The molecule has 13 heavy (non-hydrogen) atoms. The first kappa shape index (κ1) is 10.0. The fraction of sp³-hybridized carbons (Fsp3) is 0.571. The number of alkyl halides is 3. The maximum atomic E-state index is 12.1. The molecule has 6 heteroatoms. The van der Waals surface area contributed by atoms with Gasteiger partial charge in [0, 0.05) is 7.05 Å². The van der Waals surface area contributed by atoms with E-state index in [9.17, 15) is 13.2 Å². The molecule has 0 bridgehead atoms. The maximum absolute atomic E-state index is 12.1. The quantitative estimate of drug-likeness (QED) is 0.732. The summed E-state index contributed by atoms with van der Waals surface area (Å²) in [6.07, 6.45) is -5.82. The van der Waals surface area contributed by atoms with Crippen LogP contribution < -0.4 is 0 Å². The molecule has 0 aliphatic rings. The van der Waals surface area contributed by atoms with E-state index in [1.807, 2.05) is 0 Å². The van der Waals surface area contributed by atoms with Gasteiger partial charge in [-0.1, -0.05) is 0 Å². The minimum absolute atomic E-state index is 0.215. The van der Waals surface area contributed by atoms with Gasteiger partial charge in [-0.05, 0) is 12.5 Å². The molecular weight excluding hydrogens is 185 g/mol. The Bertz CT molecular complexity index is 286. The van der Waals surface area contributed by atoms with Crippen LogP contribution in [0.25, 0.3) is 0 Å². The van der Waals surface area contributed by atoms with Gasteiger partial charge in [-0.2, -0.15) is 18.3 Å². The Morgan fingerprint density at radius 3 is 2.38 bits per heavy atom. The average Bonchev–Trinajstić information content (AvgIpc) is 2.28. The summed E-state index contributed by atoms with van der Waals surface area (Å²) in [5, 5.41) is 12.5. The summed E-state index contributed by atoms with van der Waals surface area (Å²) < 4.78 is 37.3. The van der Waals surface area contributed by atoms with E-state index in [0.29, 0.717) is 5.56 Å². The predicted molar refractivity (Wildman–Crippen MR) is 39.0 cm³/mol. The third-order valence-corrected chi connectivity index (χ3v) is 1.75. The Labute approximate surface area is 72.8 Å². The van der Waals surface area contributed by atoms with Crippen molar-refractivity contribution in [2.45, 2.75) is 19.2 Å². The van der Waals surface area contributed by atoms with Gasteiger partial charge in [-0.15, -0.1) is 0 Å². The number of nitrogens with zero attached hydrogens (tertiary/aromatic N) is 2. The highest BCUT2D eigenvalue weighted by Gasteiger charge is 2.41. The third-order valence-electron chi connectivity index (χ3n) is 1.75. The number of aryl methyl sites for hydroxylation is 2. The lowest BCUT2D eigenvalue weighted by atomic mass is 10.2. The highest BCUT2D eigenvalue weighted by molar-refractivity contribution is 5.19. The van der Waals surface area contributed by atoms with E-state index in [0.717, 1.165) is 4.68 Å². The summed E-state index contributed by atoms with van der Waals surface area (Å²) in [6.45, 7) is 1.47. The number of aromatic nitrogens is 2. The summed E-state index contributed by atoms with van der Waals surface area (Å²) >= 11 is 0. The predicted octanol–water partition coefficient (Wildman–Crippen LogP) is 1.32. The zero-order chi connectivity index (χ0) is 10.2. The Morgan fingerprint density at radius 2 is 2.08 bits per heavy atom. The molecule has 3 nitrogen and oxygen atoms in total. The minimum Gasteiger partial charge on any atom is -0.378 e. The topological polar surface area (TPSA) is 38.0 Å². The fourth-order valence-corrected chi connectivity index (χ4v) is 1.10. The standard InChI is InChI=1S/C7H9F3N2O/c1-4-3-11-12(2)5(4)6(13)7(8,9)10/h3,6,13H,1-2H3/t6-/m0/s1. The molecule has 0 amide bonds. The molecule has 0 spiro atoms. The zero-order valence-corrected chi connectivity index (χ0v) is 7.13. The molecule has 0 aliphatic heterocycles. The van der Waals surface area contributed by atoms with Crippen LogP contribution in [0.1, 0.15) is 17.4 Å². The molecule has 1 aromatic heterocycles. The number of aliphatic hydroxyl groups excluding tert-OH is 1. The maximum Gasteiger partial charge on any atom is 0.420 e. The second-order valence-corrected chi connectivity index (χ2v) is 2.78. The number of aliphatic hydroxyl groups is 1. The summed E-state index contributed by atoms with van der Waals surface area (Å²) in [5.41, 5.74) is 0.111. The van der Waals surface area contributed by atoms with E-state index in [1.54, 1.807) is 0 Å². The van der Waals surface area contributed by atoms with E-state index in [-0.39, 0.29) is 5.69 Å². The number of hydrogen-bond acceptors (Lipinski definition) is 2. The van der Waals surface area contributed by atoms with Crippen molar-refractivity contribution in [1.82, 2.24) is 9.78 Å². The molecule has 0 aromatic carbocycles. The number of hydrogen-bond donors (Lipinski definition) is 1. The van der Waals surface area contributed by atoms with E-state index in [2.05, 4.69) is 5.10 Å². The Morgan fingerprint density at radius 1 is 1.54 bits per heavy atom. The third kappa shape index (κ3) is 1.82. The molecule has 1 rings (SSSR count). The highest BCUT2D eigenvalue weighted by Crippen LogP contribution is 2.33. The first-order valence-electron chi connectivity index (χ1n) is 3.57. The molecule has 0 saturated carbocycles. The molecule has 0 unspecified atom stereocenters. The Balaban J connectivity index is 3.08. The summed E-state index contributed by atoms with van der Waals surface area (Å²) in [5.74, 6) is 0. The first-order valence-corrected chi connectivity index (χ1v) is 3.57. The number of rotatable bonds is 1. The minimum atomic E-state index is -4.64. The van der Waals surface area contributed by atoms with E-state index < -0.39 is 12.3 Å². The molecule has 0 fully saturated rings. The van der Waals surface area contributed by atoms with Crippen molar-refractivity contribution in [2.75, 3.05) is 0 Å². The van der Waals surface area contributed by atoms with Crippen molar-refractivity contribution in [1.29, 1.82) is 0 Å². The summed E-state index contributed by atoms with van der Waals surface area (Å²) in [7, 11) is 1.36. The van der Waals surface area contributed by atoms with Crippen molar-refractivity contribution in [2.24, 2.45) is 7.05 Å². The van der Waals surface area contributed by atoms with Gasteiger partial charge in [0.1, 0.15) is 0 Å². The van der Waals surface area contributed by atoms with E-state index >= 15 is 0 Å². The number of halogens is 3. The monoisotopic (exact) mass is 194 g/mol. The normalized spacial score (nSPS) is 14.6. The summed E-state index contributed by atoms with van der Waals surface area (Å²) in [4.78, 5) is 0. The second-order valence-electron chi connectivity index (χ2n) is 2.78. The Kier molecular flexibility index (Phi) is 2.34. The molecule has 1 N–H and O–H groups in total. The van der Waals surface area contributed by atoms with Crippen LogP contribution in [0.5, 0.6) is 0 Å². The smallest absolute Gasteiger partial charge is 0.378 e. The first-order chi connectivity index (χ1) is 5.84. The van der Waals surface area contributed by atoms with Crippen molar-refractivity contribution in [3.8, 4) is 0 Å². The molecule has 0 saturated heterocycles. The van der Waals surface area contributed by atoms with Crippen LogP contribution in [0.15, 0.2) is 6.20 Å². The lowest BCUT2D eigenvalue weighted by Gasteiger charge is -2.15. The van der Waals surface area contributed by atoms with Crippen LogP contribution in [0.3, 0.4) is 0 Å². The Hall–Kier alpha value is -1.04. The van der Waals surface area contributed by atoms with Crippen LogP contribution in [0, 0.1) is 6.92 Å². The van der Waals surface area contributed by atoms with Crippen LogP contribution in [0.4, 0.5) is 13.2 Å². The van der Waals surface area contributed by atoms with Gasteiger partial charge in [0.25, 0.3) is 0 Å². The van der Waals surface area contributed by atoms with Gasteiger partial charge >= 0.3 is 6.18 Å². The molecule has 1 aromatic rings. The fourth-order valence-electron chi connectivity index (χ4n) is 1.10. The lowest BCUT2D eigenvalue weighted by Crippen LogP contribution is -2.23. The second kappa shape index (κ2) is 3.02. The molecule has 1 atom stereocenters. The van der Waals surface area contributed by atoms with Crippen LogP contribution in [0.2, 0.25) is 0 Å². The van der Waals surface area contributed by atoms with E-state index in [4.69, 9.17) is 5.11 Å². The van der Waals surface area contributed by atoms with Crippen LogP contribution >= 0.6 is 0 Å². The van der Waals surface area contributed by atoms with Crippen molar-refractivity contribution >= 4 is 0 Å². The van der Waals surface area contributed by atoms with Crippen LogP contribution in [-0.4, -0.2) is 21.1 Å². The van der Waals surface area contributed by atoms with Gasteiger partial charge in [0.2, 0.25) is 0 Å².